The van der Waals surface area contributed by atoms with Crippen LogP contribution in [0.25, 0.3) is 0 Å². The summed E-state index contributed by atoms with van der Waals surface area (Å²) >= 11 is 0. The van der Waals surface area contributed by atoms with Crippen LogP contribution in [-0.4, -0.2) is 27.5 Å². The van der Waals surface area contributed by atoms with E-state index in [1.807, 2.05) is 17.8 Å². The van der Waals surface area contributed by atoms with Crippen molar-refractivity contribution in [2.24, 2.45) is 5.73 Å². The second-order valence-corrected chi connectivity index (χ2v) is 6.42. The lowest BCUT2D eigenvalue weighted by Gasteiger charge is -2.23. The molecule has 2 unspecified atom stereocenters. The Morgan fingerprint density at radius 2 is 2.26 bits per heavy atom. The van der Waals surface area contributed by atoms with Crippen molar-refractivity contribution in [3.8, 4) is 0 Å². The summed E-state index contributed by atoms with van der Waals surface area (Å²) < 4.78 is 8.34. The maximum absolute atomic E-state index is 6.32. The molecule has 1 aliphatic carbocycles. The average Bonchev–Trinajstić information content (AvgIpc) is 3.04. The molecule has 0 bridgehead atoms. The lowest BCUT2D eigenvalue weighted by Crippen LogP contribution is -2.26. The summed E-state index contributed by atoms with van der Waals surface area (Å²) in [6, 6.07) is 0.196. The third-order valence-electron chi connectivity index (χ3n) is 4.49. The number of aromatic nitrogens is 2. The zero-order valence-corrected chi connectivity index (χ0v) is 11.8. The molecule has 0 radical (unpaired) electrons. The monoisotopic (exact) mass is 263 g/mol. The second kappa shape index (κ2) is 5.25. The number of nitrogens with two attached hydrogens (primary N) is 1. The fraction of sp³-hybridized carbons (Fsp3) is 0.800. The molecule has 2 aliphatic rings. The van der Waals surface area contributed by atoms with Gasteiger partial charge < -0.3 is 10.5 Å². The van der Waals surface area contributed by atoms with Crippen molar-refractivity contribution in [1.29, 1.82) is 0 Å². The van der Waals surface area contributed by atoms with Crippen LogP contribution in [0.15, 0.2) is 12.4 Å². The molecule has 3 rings (SSSR count). The number of ether oxygens (including phenoxy) is 1. The minimum absolute atomic E-state index is 0.196. The fourth-order valence-electron chi connectivity index (χ4n) is 3.60. The minimum atomic E-state index is 0.196. The van der Waals surface area contributed by atoms with Crippen LogP contribution in [-0.2, 0) is 17.7 Å². The molecule has 2 N–H and O–H groups in total. The summed E-state index contributed by atoms with van der Waals surface area (Å²) in [7, 11) is 0. The SMILES string of the molecule is CC(N)Cc1cnn(CC2CCC3(CCCC3)O2)c1. The van der Waals surface area contributed by atoms with E-state index in [-0.39, 0.29) is 11.6 Å². The highest BCUT2D eigenvalue weighted by atomic mass is 16.5. The van der Waals surface area contributed by atoms with Crippen LogP contribution < -0.4 is 5.73 Å². The Labute approximate surface area is 115 Å². The first kappa shape index (κ1) is 13.1. The van der Waals surface area contributed by atoms with Gasteiger partial charge in [-0.2, -0.15) is 5.10 Å². The van der Waals surface area contributed by atoms with Crippen molar-refractivity contribution in [3.05, 3.63) is 18.0 Å². The molecule has 19 heavy (non-hydrogen) atoms. The smallest absolute Gasteiger partial charge is 0.0779 e. The number of rotatable bonds is 4. The minimum Gasteiger partial charge on any atom is -0.370 e. The van der Waals surface area contributed by atoms with E-state index < -0.39 is 0 Å². The molecule has 1 saturated carbocycles. The molecule has 0 aromatic carbocycles. The van der Waals surface area contributed by atoms with Gasteiger partial charge in [-0.05, 0) is 44.6 Å². The molecule has 0 amide bonds. The lowest BCUT2D eigenvalue weighted by atomic mass is 9.98. The Balaban J connectivity index is 1.55. The van der Waals surface area contributed by atoms with Gasteiger partial charge >= 0.3 is 0 Å². The number of hydrogen-bond acceptors (Lipinski definition) is 3. The second-order valence-electron chi connectivity index (χ2n) is 6.42. The van der Waals surface area contributed by atoms with E-state index in [9.17, 15) is 0 Å². The molecule has 4 nitrogen and oxygen atoms in total. The highest BCUT2D eigenvalue weighted by Crippen LogP contribution is 2.43. The molecule has 1 aromatic rings. The van der Waals surface area contributed by atoms with Gasteiger partial charge in [-0.25, -0.2) is 0 Å². The van der Waals surface area contributed by atoms with Crippen molar-refractivity contribution in [1.82, 2.24) is 9.78 Å². The topological polar surface area (TPSA) is 53.1 Å². The maximum atomic E-state index is 6.32. The van der Waals surface area contributed by atoms with Gasteiger partial charge in [0.1, 0.15) is 0 Å². The Bertz CT molecular complexity index is 421. The summed E-state index contributed by atoms with van der Waals surface area (Å²) in [5, 5.41) is 4.43. The average molecular weight is 263 g/mol. The van der Waals surface area contributed by atoms with E-state index in [1.54, 1.807) is 0 Å². The molecule has 2 heterocycles. The first-order chi connectivity index (χ1) is 9.15. The Hall–Kier alpha value is -0.870. The van der Waals surface area contributed by atoms with Crippen molar-refractivity contribution < 1.29 is 4.74 Å². The van der Waals surface area contributed by atoms with Crippen molar-refractivity contribution in [2.75, 3.05) is 0 Å². The summed E-state index contributed by atoms with van der Waals surface area (Å²) in [5.74, 6) is 0. The van der Waals surface area contributed by atoms with E-state index in [1.165, 1.54) is 44.1 Å². The first-order valence-corrected chi connectivity index (χ1v) is 7.60. The van der Waals surface area contributed by atoms with Crippen LogP contribution >= 0.6 is 0 Å². The predicted octanol–water partition coefficient (Wildman–Crippen LogP) is 2.26. The van der Waals surface area contributed by atoms with E-state index in [0.29, 0.717) is 6.10 Å². The molecule has 4 heteroatoms. The molecule has 106 valence electrons. The third-order valence-corrected chi connectivity index (χ3v) is 4.49. The van der Waals surface area contributed by atoms with Crippen molar-refractivity contribution in [2.45, 2.75) is 76.2 Å². The van der Waals surface area contributed by atoms with Crippen molar-refractivity contribution >= 4 is 0 Å². The zero-order chi connectivity index (χ0) is 13.3. The van der Waals surface area contributed by atoms with Gasteiger partial charge in [0.25, 0.3) is 0 Å². The molecule has 2 atom stereocenters. The number of nitrogens with zero attached hydrogens (tertiary/aromatic N) is 2. The third kappa shape index (κ3) is 3.00. The fourth-order valence-corrected chi connectivity index (χ4v) is 3.60. The predicted molar refractivity (Wildman–Crippen MR) is 74.9 cm³/mol. The molecule has 1 aliphatic heterocycles. The van der Waals surface area contributed by atoms with Gasteiger partial charge in [0.05, 0.1) is 24.4 Å². The van der Waals surface area contributed by atoms with Crippen LogP contribution in [0.5, 0.6) is 0 Å². The number of hydrogen-bond donors (Lipinski definition) is 1. The summed E-state index contributed by atoms with van der Waals surface area (Å²) in [5.41, 5.74) is 7.27. The molecule has 2 fully saturated rings. The zero-order valence-electron chi connectivity index (χ0n) is 11.8. The van der Waals surface area contributed by atoms with Crippen LogP contribution in [0, 0.1) is 0 Å². The molecule has 1 spiro atoms. The lowest BCUT2D eigenvalue weighted by molar-refractivity contribution is -0.0429. The maximum Gasteiger partial charge on any atom is 0.0779 e. The molecule has 1 saturated heterocycles. The van der Waals surface area contributed by atoms with Crippen LogP contribution in [0.3, 0.4) is 0 Å². The van der Waals surface area contributed by atoms with Gasteiger partial charge in [-0.1, -0.05) is 12.8 Å². The van der Waals surface area contributed by atoms with Gasteiger partial charge in [-0.15, -0.1) is 0 Å². The van der Waals surface area contributed by atoms with E-state index in [2.05, 4.69) is 11.3 Å². The standard InChI is InChI=1S/C15H25N3O/c1-12(16)8-13-9-17-18(10-13)11-14-4-7-15(19-14)5-2-3-6-15/h9-10,12,14H,2-8,11,16H2,1H3. The van der Waals surface area contributed by atoms with Gasteiger partial charge in [0.2, 0.25) is 0 Å². The van der Waals surface area contributed by atoms with Crippen LogP contribution in [0.1, 0.15) is 51.0 Å². The molecular formula is C15H25N3O. The summed E-state index contributed by atoms with van der Waals surface area (Å²) in [6.45, 7) is 2.92. The van der Waals surface area contributed by atoms with Crippen molar-refractivity contribution in [3.63, 3.8) is 0 Å². The quantitative estimate of drug-likeness (QED) is 0.906. The highest BCUT2D eigenvalue weighted by molar-refractivity contribution is 5.05. The first-order valence-electron chi connectivity index (χ1n) is 7.60. The Morgan fingerprint density at radius 3 is 3.00 bits per heavy atom. The van der Waals surface area contributed by atoms with Gasteiger partial charge in [-0.3, -0.25) is 4.68 Å². The molecular weight excluding hydrogens is 238 g/mol. The summed E-state index contributed by atoms with van der Waals surface area (Å²) in [6.07, 6.45) is 12.9. The van der Waals surface area contributed by atoms with E-state index >= 15 is 0 Å². The molecule has 1 aromatic heterocycles. The van der Waals surface area contributed by atoms with E-state index in [0.717, 1.165) is 13.0 Å². The van der Waals surface area contributed by atoms with Gasteiger partial charge in [0.15, 0.2) is 0 Å². The Morgan fingerprint density at radius 1 is 1.47 bits per heavy atom. The highest BCUT2D eigenvalue weighted by Gasteiger charge is 2.42. The summed E-state index contributed by atoms with van der Waals surface area (Å²) in [4.78, 5) is 0. The van der Waals surface area contributed by atoms with E-state index in [4.69, 9.17) is 10.5 Å². The normalized spacial score (nSPS) is 27.2. The van der Waals surface area contributed by atoms with Crippen LogP contribution in [0.2, 0.25) is 0 Å². The van der Waals surface area contributed by atoms with Gasteiger partial charge in [0, 0.05) is 12.2 Å². The Kier molecular flexibility index (Phi) is 3.63. The largest absolute Gasteiger partial charge is 0.370 e. The van der Waals surface area contributed by atoms with Crippen LogP contribution in [0.4, 0.5) is 0 Å².